The molecule has 2 aromatic carbocycles. The summed E-state index contributed by atoms with van der Waals surface area (Å²) in [7, 11) is 0. The van der Waals surface area contributed by atoms with Gasteiger partial charge in [0, 0.05) is 28.6 Å². The highest BCUT2D eigenvalue weighted by Gasteiger charge is 2.15. The van der Waals surface area contributed by atoms with Crippen LogP contribution in [-0.2, 0) is 6.54 Å². The number of hydrogen-bond acceptors (Lipinski definition) is 5. The standard InChI is InChI=1S/C19H12FN3O3S/c20-16-4-2-1-3-13(16)9-22-11-21-18-17(19(22)24)15(10-27-18)12-5-7-14(8-6-12)23(25)26/h1-8,10-11H,9H2. The molecule has 134 valence electrons. The lowest BCUT2D eigenvalue weighted by molar-refractivity contribution is -0.384. The fraction of sp³-hybridized carbons (Fsp3) is 0.0526. The number of hydrogen-bond donors (Lipinski definition) is 0. The van der Waals surface area contributed by atoms with Crippen LogP contribution in [0.25, 0.3) is 21.3 Å². The third kappa shape index (κ3) is 3.11. The van der Waals surface area contributed by atoms with Crippen molar-refractivity contribution in [2.24, 2.45) is 0 Å². The fourth-order valence-electron chi connectivity index (χ4n) is 2.87. The Morgan fingerprint density at radius 2 is 1.89 bits per heavy atom. The lowest BCUT2D eigenvalue weighted by Gasteiger charge is -2.07. The van der Waals surface area contributed by atoms with Gasteiger partial charge < -0.3 is 0 Å². The molecular formula is C19H12FN3O3S. The zero-order chi connectivity index (χ0) is 19.0. The molecule has 2 heterocycles. The van der Waals surface area contributed by atoms with E-state index < -0.39 is 4.92 Å². The number of thiophene rings is 1. The van der Waals surface area contributed by atoms with Crippen molar-refractivity contribution >= 4 is 27.2 Å². The van der Waals surface area contributed by atoms with E-state index in [1.807, 2.05) is 0 Å². The van der Waals surface area contributed by atoms with E-state index >= 15 is 0 Å². The SMILES string of the molecule is O=c1c2c(-c3ccc([N+](=O)[O-])cc3)csc2ncn1Cc1ccccc1F. The molecule has 0 bridgehead atoms. The Bertz CT molecular complexity index is 1220. The molecule has 0 aliphatic heterocycles. The molecule has 4 aromatic rings. The van der Waals surface area contributed by atoms with E-state index in [9.17, 15) is 19.3 Å². The number of rotatable bonds is 4. The predicted molar refractivity (Wildman–Crippen MR) is 101 cm³/mol. The first-order valence-corrected chi connectivity index (χ1v) is 8.87. The summed E-state index contributed by atoms with van der Waals surface area (Å²) in [6.45, 7) is 0.0734. The van der Waals surface area contributed by atoms with Crippen LogP contribution in [0.3, 0.4) is 0 Å². The Morgan fingerprint density at radius 1 is 1.15 bits per heavy atom. The average molecular weight is 381 g/mol. The number of aromatic nitrogens is 2. The Hall–Kier alpha value is -3.39. The van der Waals surface area contributed by atoms with Gasteiger partial charge >= 0.3 is 0 Å². The summed E-state index contributed by atoms with van der Waals surface area (Å²) in [6, 6.07) is 12.3. The Labute approximate surface area is 156 Å². The number of fused-ring (bicyclic) bond motifs is 1. The van der Waals surface area contributed by atoms with Crippen molar-refractivity contribution in [3.63, 3.8) is 0 Å². The molecule has 0 N–H and O–H groups in total. The van der Waals surface area contributed by atoms with Crippen LogP contribution >= 0.6 is 11.3 Å². The van der Waals surface area contributed by atoms with E-state index in [2.05, 4.69) is 4.98 Å². The predicted octanol–water partition coefficient (Wildman–Crippen LogP) is 4.22. The highest BCUT2D eigenvalue weighted by atomic mass is 32.1. The minimum atomic E-state index is -0.474. The van der Waals surface area contributed by atoms with Crippen LogP contribution in [0, 0.1) is 15.9 Å². The van der Waals surface area contributed by atoms with Crippen molar-refractivity contribution in [2.75, 3.05) is 0 Å². The van der Waals surface area contributed by atoms with Crippen molar-refractivity contribution in [1.29, 1.82) is 0 Å². The summed E-state index contributed by atoms with van der Waals surface area (Å²) in [5.41, 5.74) is 1.44. The number of nitrogens with zero attached hydrogens (tertiary/aromatic N) is 3. The minimum absolute atomic E-state index is 0.0200. The van der Waals surface area contributed by atoms with Crippen LogP contribution in [0.4, 0.5) is 10.1 Å². The van der Waals surface area contributed by atoms with E-state index in [1.165, 1.54) is 40.4 Å². The second-order valence-electron chi connectivity index (χ2n) is 5.90. The van der Waals surface area contributed by atoms with Gasteiger partial charge in [-0.25, -0.2) is 9.37 Å². The molecule has 4 rings (SSSR count). The average Bonchev–Trinajstić information content (AvgIpc) is 3.10. The van der Waals surface area contributed by atoms with Crippen molar-refractivity contribution in [3.8, 4) is 11.1 Å². The molecule has 8 heteroatoms. The van der Waals surface area contributed by atoms with Crippen LogP contribution in [-0.4, -0.2) is 14.5 Å². The lowest BCUT2D eigenvalue weighted by atomic mass is 10.1. The minimum Gasteiger partial charge on any atom is -0.294 e. The van der Waals surface area contributed by atoms with Crippen LogP contribution < -0.4 is 5.56 Å². The second kappa shape index (κ2) is 6.73. The molecule has 0 saturated carbocycles. The molecular weight excluding hydrogens is 369 g/mol. The first-order chi connectivity index (χ1) is 13.0. The normalized spacial score (nSPS) is 11.0. The molecule has 0 aliphatic rings. The maximum atomic E-state index is 13.9. The van der Waals surface area contributed by atoms with E-state index in [0.29, 0.717) is 26.9 Å². The highest BCUT2D eigenvalue weighted by molar-refractivity contribution is 7.17. The highest BCUT2D eigenvalue weighted by Crippen LogP contribution is 2.31. The van der Waals surface area contributed by atoms with Gasteiger partial charge in [0.25, 0.3) is 11.2 Å². The maximum Gasteiger partial charge on any atom is 0.269 e. The molecule has 27 heavy (non-hydrogen) atoms. The number of nitro benzene ring substituents is 1. The van der Waals surface area contributed by atoms with Gasteiger partial charge in [-0.2, -0.15) is 0 Å². The zero-order valence-electron chi connectivity index (χ0n) is 13.8. The molecule has 0 saturated heterocycles. The number of benzene rings is 2. The van der Waals surface area contributed by atoms with Crippen LogP contribution in [0.2, 0.25) is 0 Å². The summed E-state index contributed by atoms with van der Waals surface area (Å²) in [5, 5.41) is 13.0. The Balaban J connectivity index is 1.81. The largest absolute Gasteiger partial charge is 0.294 e. The molecule has 0 aliphatic carbocycles. The third-order valence-corrected chi connectivity index (χ3v) is 5.13. The van der Waals surface area contributed by atoms with Crippen molar-refractivity contribution in [2.45, 2.75) is 6.54 Å². The summed E-state index contributed by atoms with van der Waals surface area (Å²) in [6.07, 6.45) is 1.41. The molecule has 0 amide bonds. The van der Waals surface area contributed by atoms with Gasteiger partial charge in [0.15, 0.2) is 0 Å². The smallest absolute Gasteiger partial charge is 0.269 e. The van der Waals surface area contributed by atoms with Gasteiger partial charge in [-0.05, 0) is 23.8 Å². The molecule has 0 spiro atoms. The van der Waals surface area contributed by atoms with E-state index in [0.717, 1.165) is 0 Å². The summed E-state index contributed by atoms with van der Waals surface area (Å²) < 4.78 is 15.3. The molecule has 6 nitrogen and oxygen atoms in total. The summed E-state index contributed by atoms with van der Waals surface area (Å²) in [4.78, 5) is 28.2. The first kappa shape index (κ1) is 17.0. The van der Waals surface area contributed by atoms with E-state index in [1.54, 1.807) is 35.7 Å². The third-order valence-electron chi connectivity index (χ3n) is 4.25. The molecule has 0 fully saturated rings. The second-order valence-corrected chi connectivity index (χ2v) is 6.76. The zero-order valence-corrected chi connectivity index (χ0v) is 14.6. The number of halogens is 1. The van der Waals surface area contributed by atoms with Gasteiger partial charge in [0.2, 0.25) is 0 Å². The van der Waals surface area contributed by atoms with Crippen LogP contribution in [0.15, 0.2) is 65.0 Å². The molecule has 0 unspecified atom stereocenters. The van der Waals surface area contributed by atoms with Gasteiger partial charge in [0.05, 0.1) is 23.2 Å². The maximum absolute atomic E-state index is 13.9. The van der Waals surface area contributed by atoms with E-state index in [-0.39, 0.29) is 23.6 Å². The Morgan fingerprint density at radius 3 is 2.59 bits per heavy atom. The molecule has 0 radical (unpaired) electrons. The van der Waals surface area contributed by atoms with E-state index in [4.69, 9.17) is 0 Å². The Kier molecular flexibility index (Phi) is 4.25. The number of non-ortho nitro benzene ring substituents is 1. The van der Waals surface area contributed by atoms with Crippen LogP contribution in [0.1, 0.15) is 5.56 Å². The van der Waals surface area contributed by atoms with Gasteiger partial charge in [-0.15, -0.1) is 11.3 Å². The topological polar surface area (TPSA) is 78.0 Å². The summed E-state index contributed by atoms with van der Waals surface area (Å²) >= 11 is 1.32. The monoisotopic (exact) mass is 381 g/mol. The quantitative estimate of drug-likeness (QED) is 0.392. The van der Waals surface area contributed by atoms with Gasteiger partial charge in [-0.3, -0.25) is 19.5 Å². The molecule has 0 atom stereocenters. The van der Waals surface area contributed by atoms with Crippen LogP contribution in [0.5, 0.6) is 0 Å². The first-order valence-electron chi connectivity index (χ1n) is 7.99. The lowest BCUT2D eigenvalue weighted by Crippen LogP contribution is -2.21. The summed E-state index contributed by atoms with van der Waals surface area (Å²) in [5.74, 6) is -0.384. The number of nitro groups is 1. The fourth-order valence-corrected chi connectivity index (χ4v) is 3.77. The van der Waals surface area contributed by atoms with Crippen molar-refractivity contribution in [1.82, 2.24) is 9.55 Å². The molecule has 2 aromatic heterocycles. The van der Waals surface area contributed by atoms with Gasteiger partial charge in [-0.1, -0.05) is 18.2 Å². The van der Waals surface area contributed by atoms with Crippen molar-refractivity contribution in [3.05, 3.63) is 92.1 Å². The van der Waals surface area contributed by atoms with Gasteiger partial charge in [0.1, 0.15) is 10.6 Å². The van der Waals surface area contributed by atoms with Crippen molar-refractivity contribution < 1.29 is 9.31 Å².